The van der Waals surface area contributed by atoms with Crippen LogP contribution in [0, 0.1) is 0 Å². The molecule has 3 atom stereocenters. The number of rotatable bonds is 3. The van der Waals surface area contributed by atoms with Crippen molar-refractivity contribution in [3.8, 4) is 0 Å². The molecule has 0 spiro atoms. The fourth-order valence-corrected chi connectivity index (χ4v) is 3.77. The molecule has 3 aliphatic rings. The second-order valence-electron chi connectivity index (χ2n) is 6.80. The van der Waals surface area contributed by atoms with E-state index in [9.17, 15) is 14.4 Å². The first-order valence-corrected chi connectivity index (χ1v) is 9.18. The normalized spacial score (nSPS) is 26.3. The fraction of sp³-hybridized carbons (Fsp3) is 0.350. The highest BCUT2D eigenvalue weighted by molar-refractivity contribution is 5.95. The van der Waals surface area contributed by atoms with Gasteiger partial charge in [-0.25, -0.2) is 14.6 Å². The molecule has 1 aromatic rings. The average molecular weight is 383 g/mol. The first-order chi connectivity index (χ1) is 13.5. The lowest BCUT2D eigenvalue weighted by atomic mass is 9.92. The summed E-state index contributed by atoms with van der Waals surface area (Å²) in [4.78, 5) is 39.3. The van der Waals surface area contributed by atoms with Crippen LogP contribution in [0.2, 0.25) is 0 Å². The summed E-state index contributed by atoms with van der Waals surface area (Å²) in [6, 6.07) is 7.88. The van der Waals surface area contributed by atoms with Gasteiger partial charge in [0.2, 0.25) is 0 Å². The van der Waals surface area contributed by atoms with Gasteiger partial charge in [-0.1, -0.05) is 42.0 Å². The van der Waals surface area contributed by atoms with Gasteiger partial charge in [0.15, 0.2) is 0 Å². The molecular formula is C20H21N3O5. The lowest BCUT2D eigenvalue weighted by molar-refractivity contribution is -0.174. The van der Waals surface area contributed by atoms with Gasteiger partial charge in [0.05, 0.1) is 12.6 Å². The topological polar surface area (TPSA) is 79.4 Å². The number of hydrogen-bond donors (Lipinski definition) is 0. The van der Waals surface area contributed by atoms with Crippen molar-refractivity contribution in [1.29, 1.82) is 0 Å². The van der Waals surface area contributed by atoms with Crippen LogP contribution in [0.5, 0.6) is 0 Å². The van der Waals surface area contributed by atoms with Crippen molar-refractivity contribution in [2.45, 2.75) is 32.0 Å². The Morgan fingerprint density at radius 2 is 2.00 bits per heavy atom. The van der Waals surface area contributed by atoms with Crippen LogP contribution in [0.1, 0.15) is 25.5 Å². The van der Waals surface area contributed by atoms with Gasteiger partial charge in [-0.15, -0.1) is 0 Å². The van der Waals surface area contributed by atoms with Crippen molar-refractivity contribution >= 4 is 18.1 Å². The third-order valence-corrected chi connectivity index (χ3v) is 5.08. The van der Waals surface area contributed by atoms with Crippen LogP contribution in [0.3, 0.4) is 0 Å². The first-order valence-electron chi connectivity index (χ1n) is 9.18. The molecule has 3 heterocycles. The minimum absolute atomic E-state index is 0.182. The predicted molar refractivity (Wildman–Crippen MR) is 98.6 cm³/mol. The van der Waals surface area contributed by atoms with E-state index in [1.807, 2.05) is 43.3 Å². The van der Waals surface area contributed by atoms with Gasteiger partial charge in [-0.05, 0) is 25.5 Å². The number of cyclic esters (lactones) is 1. The average Bonchev–Trinajstić information content (AvgIpc) is 2.98. The molecule has 2 saturated heterocycles. The molecule has 4 rings (SSSR count). The predicted octanol–water partition coefficient (Wildman–Crippen LogP) is 2.61. The molecule has 0 aromatic heterocycles. The van der Waals surface area contributed by atoms with Gasteiger partial charge in [0.1, 0.15) is 18.7 Å². The van der Waals surface area contributed by atoms with E-state index in [2.05, 4.69) is 0 Å². The number of nitrogens with zero attached hydrogens (tertiary/aromatic N) is 3. The lowest BCUT2D eigenvalue weighted by Gasteiger charge is -2.51. The van der Waals surface area contributed by atoms with Gasteiger partial charge >= 0.3 is 12.2 Å². The summed E-state index contributed by atoms with van der Waals surface area (Å²) in [7, 11) is 0. The van der Waals surface area contributed by atoms with E-state index in [0.717, 1.165) is 11.1 Å². The number of carbonyl (C=O) groups is 3. The monoisotopic (exact) mass is 383 g/mol. The summed E-state index contributed by atoms with van der Waals surface area (Å²) in [5.41, 5.74) is 1.78. The van der Waals surface area contributed by atoms with E-state index in [0.29, 0.717) is 0 Å². The second-order valence-corrected chi connectivity index (χ2v) is 6.80. The van der Waals surface area contributed by atoms with Crippen molar-refractivity contribution in [1.82, 2.24) is 14.9 Å². The SMILES string of the molecule is CCOC(=O)N1C=CC(C)=C[C@@H]2[C@@H](N3C(=O)OC[C@H]3c3ccccc3)C(=O)N21. The Labute approximate surface area is 162 Å². The number of hydrazine groups is 1. The number of ether oxygens (including phenoxy) is 2. The maximum Gasteiger partial charge on any atom is 0.433 e. The fourth-order valence-electron chi connectivity index (χ4n) is 3.77. The van der Waals surface area contributed by atoms with Crippen molar-refractivity contribution in [2.75, 3.05) is 13.2 Å². The van der Waals surface area contributed by atoms with Crippen molar-refractivity contribution in [3.05, 3.63) is 59.8 Å². The Kier molecular flexibility index (Phi) is 4.54. The van der Waals surface area contributed by atoms with Gasteiger partial charge in [0, 0.05) is 6.20 Å². The van der Waals surface area contributed by atoms with Crippen LogP contribution < -0.4 is 0 Å². The van der Waals surface area contributed by atoms with Crippen molar-refractivity contribution in [3.63, 3.8) is 0 Å². The molecule has 0 aliphatic carbocycles. The highest BCUT2D eigenvalue weighted by Gasteiger charge is 2.58. The van der Waals surface area contributed by atoms with Crippen molar-refractivity contribution in [2.24, 2.45) is 0 Å². The first kappa shape index (κ1) is 18.1. The molecule has 3 amide bonds. The van der Waals surface area contributed by atoms with Gasteiger partial charge in [0.25, 0.3) is 5.91 Å². The van der Waals surface area contributed by atoms with E-state index in [1.54, 1.807) is 13.0 Å². The van der Waals surface area contributed by atoms with Crippen LogP contribution in [0.25, 0.3) is 0 Å². The molecule has 0 bridgehead atoms. The zero-order chi connectivity index (χ0) is 19.8. The van der Waals surface area contributed by atoms with E-state index in [-0.39, 0.29) is 25.2 Å². The number of β-lactam (4-membered cyclic amide) rings is 1. The molecule has 3 aliphatic heterocycles. The standard InChI is InChI=1S/C20H21N3O5/c1-3-27-19(25)21-10-9-13(2)11-15-17(18(24)23(15)21)22-16(12-28-20(22)26)14-7-5-4-6-8-14/h4-11,15-17H,3,12H2,1-2H3/t15-,16+,17-/m1/s1. The van der Waals surface area contributed by atoms with E-state index < -0.39 is 24.3 Å². The summed E-state index contributed by atoms with van der Waals surface area (Å²) in [6.45, 7) is 3.95. The summed E-state index contributed by atoms with van der Waals surface area (Å²) in [6.07, 6.45) is 3.95. The smallest absolute Gasteiger partial charge is 0.433 e. The molecule has 28 heavy (non-hydrogen) atoms. The largest absolute Gasteiger partial charge is 0.448 e. The highest BCUT2D eigenvalue weighted by atomic mass is 16.6. The van der Waals surface area contributed by atoms with E-state index in [4.69, 9.17) is 9.47 Å². The van der Waals surface area contributed by atoms with Gasteiger partial charge < -0.3 is 9.47 Å². The molecule has 8 heteroatoms. The molecule has 146 valence electrons. The molecule has 0 N–H and O–H groups in total. The number of amides is 3. The van der Waals surface area contributed by atoms with E-state index >= 15 is 0 Å². The number of hydrogen-bond acceptors (Lipinski definition) is 5. The molecule has 0 saturated carbocycles. The maximum atomic E-state index is 13.0. The van der Waals surface area contributed by atoms with Gasteiger partial charge in [-0.2, -0.15) is 5.01 Å². The van der Waals surface area contributed by atoms with Crippen LogP contribution in [0.15, 0.2) is 54.3 Å². The Morgan fingerprint density at radius 1 is 1.25 bits per heavy atom. The molecule has 1 aromatic carbocycles. The Hall–Kier alpha value is -3.29. The van der Waals surface area contributed by atoms with Gasteiger partial charge in [-0.3, -0.25) is 9.69 Å². The third-order valence-electron chi connectivity index (χ3n) is 5.08. The summed E-state index contributed by atoms with van der Waals surface area (Å²) >= 11 is 0. The summed E-state index contributed by atoms with van der Waals surface area (Å²) < 4.78 is 10.3. The molecule has 8 nitrogen and oxygen atoms in total. The quantitative estimate of drug-likeness (QED) is 0.750. The number of carbonyl (C=O) groups excluding carboxylic acids is 3. The Morgan fingerprint density at radius 3 is 2.71 bits per heavy atom. The summed E-state index contributed by atoms with van der Waals surface area (Å²) in [5.74, 6) is -0.353. The van der Waals surface area contributed by atoms with Crippen LogP contribution >= 0.6 is 0 Å². The third kappa shape index (κ3) is 2.81. The van der Waals surface area contributed by atoms with Crippen LogP contribution in [-0.4, -0.2) is 58.3 Å². The Bertz CT molecular complexity index is 866. The minimum atomic E-state index is -0.744. The zero-order valence-corrected chi connectivity index (χ0v) is 15.6. The van der Waals surface area contributed by atoms with Crippen LogP contribution in [-0.2, 0) is 14.3 Å². The molecule has 0 radical (unpaired) electrons. The minimum Gasteiger partial charge on any atom is -0.448 e. The number of fused-ring (bicyclic) bond motifs is 1. The summed E-state index contributed by atoms with van der Waals surface area (Å²) in [5, 5.41) is 2.49. The zero-order valence-electron chi connectivity index (χ0n) is 15.6. The van der Waals surface area contributed by atoms with Crippen molar-refractivity contribution < 1.29 is 23.9 Å². The second kappa shape index (κ2) is 7.03. The maximum absolute atomic E-state index is 13.0. The lowest BCUT2D eigenvalue weighted by Crippen LogP contribution is -2.74. The highest BCUT2D eigenvalue weighted by Crippen LogP contribution is 2.39. The molecular weight excluding hydrogens is 362 g/mol. The molecule has 2 fully saturated rings. The number of allylic oxidation sites excluding steroid dienone is 2. The Balaban J connectivity index is 1.66. The van der Waals surface area contributed by atoms with E-state index in [1.165, 1.54) is 21.1 Å². The van der Waals surface area contributed by atoms with Crippen LogP contribution in [0.4, 0.5) is 9.59 Å². The number of benzene rings is 1. The molecule has 0 unspecified atom stereocenters.